The summed E-state index contributed by atoms with van der Waals surface area (Å²) in [6, 6.07) is 7.64. The molecule has 3 aromatic rings. The molecule has 0 atom stereocenters. The van der Waals surface area contributed by atoms with Crippen molar-refractivity contribution in [2.45, 2.75) is 6.92 Å². The Balaban J connectivity index is 1.57. The van der Waals surface area contributed by atoms with Crippen LogP contribution in [-0.4, -0.2) is 47.2 Å². The molecule has 3 heterocycles. The van der Waals surface area contributed by atoms with Crippen LogP contribution >= 0.6 is 0 Å². The van der Waals surface area contributed by atoms with Gasteiger partial charge in [0.1, 0.15) is 5.82 Å². The Bertz CT molecular complexity index is 1110. The Hall–Kier alpha value is -3.78. The lowest BCUT2D eigenvalue weighted by molar-refractivity contribution is -0.111. The number of anilines is 3. The summed E-state index contributed by atoms with van der Waals surface area (Å²) in [5, 5.41) is 2.76. The molecule has 1 saturated heterocycles. The maximum Gasteiger partial charge on any atom is 0.255 e. The van der Waals surface area contributed by atoms with Gasteiger partial charge in [-0.15, -0.1) is 0 Å². The first-order valence-corrected chi connectivity index (χ1v) is 9.98. The minimum atomic E-state index is -0.364. The van der Waals surface area contributed by atoms with E-state index in [1.54, 1.807) is 31.6 Å². The third-order valence-electron chi connectivity index (χ3n) is 5.12. The van der Waals surface area contributed by atoms with Crippen molar-refractivity contribution in [1.29, 1.82) is 0 Å². The lowest BCUT2D eigenvalue weighted by Gasteiger charge is -2.28. The zero-order chi connectivity index (χ0) is 21.8. The molecule has 4 rings (SSSR count). The number of amides is 1. The maximum atomic E-state index is 12.7. The molecule has 1 amide bonds. The SMILES string of the molecule is C=C(C(=O)Nc1cnc(C)nc1)c1cc(-c2cncc(N3CCOCC3)c2)ccc1N. The predicted molar refractivity (Wildman–Crippen MR) is 122 cm³/mol. The van der Waals surface area contributed by atoms with E-state index in [4.69, 9.17) is 10.5 Å². The quantitative estimate of drug-likeness (QED) is 0.486. The van der Waals surface area contributed by atoms with Crippen LogP contribution < -0.4 is 16.0 Å². The molecule has 1 fully saturated rings. The number of hydrogen-bond acceptors (Lipinski definition) is 7. The van der Waals surface area contributed by atoms with Gasteiger partial charge in [-0.3, -0.25) is 9.78 Å². The zero-order valence-corrected chi connectivity index (χ0v) is 17.3. The van der Waals surface area contributed by atoms with Crippen molar-refractivity contribution in [2.24, 2.45) is 0 Å². The number of carbonyl (C=O) groups excluding carboxylic acids is 1. The average Bonchev–Trinajstić information content (AvgIpc) is 2.81. The molecule has 0 aliphatic carbocycles. The van der Waals surface area contributed by atoms with Gasteiger partial charge in [-0.2, -0.15) is 0 Å². The second-order valence-electron chi connectivity index (χ2n) is 7.28. The summed E-state index contributed by atoms with van der Waals surface area (Å²) in [4.78, 5) is 27.5. The van der Waals surface area contributed by atoms with Crippen LogP contribution in [0.15, 0.2) is 55.6 Å². The zero-order valence-electron chi connectivity index (χ0n) is 17.3. The predicted octanol–water partition coefficient (Wildman–Crippen LogP) is 2.92. The summed E-state index contributed by atoms with van der Waals surface area (Å²) in [5.74, 6) is 0.262. The molecule has 8 heteroatoms. The molecule has 0 radical (unpaired) electrons. The van der Waals surface area contributed by atoms with Crippen LogP contribution in [0.1, 0.15) is 11.4 Å². The topological polar surface area (TPSA) is 106 Å². The van der Waals surface area contributed by atoms with Crippen molar-refractivity contribution in [2.75, 3.05) is 42.3 Å². The molecule has 0 bridgehead atoms. The van der Waals surface area contributed by atoms with Crippen LogP contribution in [0.2, 0.25) is 0 Å². The Morgan fingerprint density at radius 2 is 1.84 bits per heavy atom. The molecular formula is C23H24N6O2. The first-order valence-electron chi connectivity index (χ1n) is 9.98. The van der Waals surface area contributed by atoms with Crippen LogP contribution in [-0.2, 0) is 9.53 Å². The van der Waals surface area contributed by atoms with Gasteiger partial charge < -0.3 is 20.7 Å². The van der Waals surface area contributed by atoms with Gasteiger partial charge in [-0.1, -0.05) is 12.6 Å². The van der Waals surface area contributed by atoms with E-state index in [9.17, 15) is 4.79 Å². The van der Waals surface area contributed by atoms with Crippen molar-refractivity contribution in [3.8, 4) is 11.1 Å². The number of aryl methyl sites for hydroxylation is 1. The Labute approximate surface area is 180 Å². The van der Waals surface area contributed by atoms with Crippen molar-refractivity contribution in [3.05, 3.63) is 67.0 Å². The molecule has 0 saturated carbocycles. The number of aromatic nitrogens is 3. The van der Waals surface area contributed by atoms with Gasteiger partial charge in [-0.05, 0) is 30.7 Å². The number of morpholine rings is 1. The third kappa shape index (κ3) is 4.70. The lowest BCUT2D eigenvalue weighted by Crippen LogP contribution is -2.36. The van der Waals surface area contributed by atoms with E-state index in [1.807, 2.05) is 18.3 Å². The fraction of sp³-hybridized carbons (Fsp3) is 0.217. The first kappa shape index (κ1) is 20.5. The largest absolute Gasteiger partial charge is 0.398 e. The van der Waals surface area contributed by atoms with E-state index in [0.29, 0.717) is 36.0 Å². The molecule has 0 spiro atoms. The summed E-state index contributed by atoms with van der Waals surface area (Å²) in [5.41, 5.74) is 10.8. The van der Waals surface area contributed by atoms with E-state index >= 15 is 0 Å². The number of carbonyl (C=O) groups is 1. The number of nitrogen functional groups attached to an aromatic ring is 1. The number of pyridine rings is 1. The maximum absolute atomic E-state index is 12.7. The van der Waals surface area contributed by atoms with Gasteiger partial charge in [0.2, 0.25) is 0 Å². The molecule has 3 N–H and O–H groups in total. The van der Waals surface area contributed by atoms with Crippen molar-refractivity contribution < 1.29 is 9.53 Å². The molecule has 1 aliphatic heterocycles. The number of hydrogen-bond donors (Lipinski definition) is 2. The second kappa shape index (κ2) is 8.93. The lowest BCUT2D eigenvalue weighted by atomic mass is 9.98. The smallest absolute Gasteiger partial charge is 0.255 e. The van der Waals surface area contributed by atoms with Crippen LogP contribution in [0.3, 0.4) is 0 Å². The van der Waals surface area contributed by atoms with E-state index < -0.39 is 0 Å². The van der Waals surface area contributed by atoms with Crippen molar-refractivity contribution >= 4 is 28.5 Å². The van der Waals surface area contributed by atoms with Crippen LogP contribution in [0, 0.1) is 6.92 Å². The molecule has 8 nitrogen and oxygen atoms in total. The molecule has 0 unspecified atom stereocenters. The van der Waals surface area contributed by atoms with Crippen molar-refractivity contribution in [1.82, 2.24) is 15.0 Å². The normalized spacial score (nSPS) is 13.6. The average molecular weight is 416 g/mol. The fourth-order valence-corrected chi connectivity index (χ4v) is 3.36. The van der Waals surface area contributed by atoms with Crippen LogP contribution in [0.5, 0.6) is 0 Å². The van der Waals surface area contributed by atoms with Gasteiger partial charge in [-0.25, -0.2) is 9.97 Å². The highest BCUT2D eigenvalue weighted by atomic mass is 16.5. The Morgan fingerprint density at radius 1 is 1.10 bits per heavy atom. The number of rotatable bonds is 5. The number of nitrogens with two attached hydrogens (primary N) is 1. The van der Waals surface area contributed by atoms with Gasteiger partial charge in [0.05, 0.1) is 43.2 Å². The Morgan fingerprint density at radius 3 is 2.58 bits per heavy atom. The van der Waals surface area contributed by atoms with E-state index in [1.165, 1.54) is 0 Å². The first-order chi connectivity index (χ1) is 15.0. The monoisotopic (exact) mass is 416 g/mol. The standard InChI is InChI=1S/C23H24N6O2/c1-15(23(30)28-19-12-26-16(2)27-13-19)21-10-17(3-4-22(21)24)18-9-20(14-25-11-18)29-5-7-31-8-6-29/h3-4,9-14H,1,5-8,24H2,2H3,(H,28,30). The number of nitrogens with zero attached hydrogens (tertiary/aromatic N) is 4. The van der Waals surface area contributed by atoms with Gasteiger partial charge in [0.25, 0.3) is 5.91 Å². The highest BCUT2D eigenvalue weighted by Crippen LogP contribution is 2.30. The van der Waals surface area contributed by atoms with Crippen LogP contribution in [0.25, 0.3) is 16.7 Å². The molecule has 1 aliphatic rings. The Kier molecular flexibility index (Phi) is 5.90. The van der Waals surface area contributed by atoms with E-state index in [2.05, 4.69) is 37.8 Å². The third-order valence-corrected chi connectivity index (χ3v) is 5.12. The summed E-state index contributed by atoms with van der Waals surface area (Å²) < 4.78 is 5.43. The van der Waals surface area contributed by atoms with Crippen molar-refractivity contribution in [3.63, 3.8) is 0 Å². The fourth-order valence-electron chi connectivity index (χ4n) is 3.36. The minimum Gasteiger partial charge on any atom is -0.398 e. The van der Waals surface area contributed by atoms with Gasteiger partial charge in [0, 0.05) is 41.7 Å². The van der Waals surface area contributed by atoms with Gasteiger partial charge in [0.15, 0.2) is 0 Å². The van der Waals surface area contributed by atoms with Gasteiger partial charge >= 0.3 is 0 Å². The molecular weight excluding hydrogens is 392 g/mol. The molecule has 158 valence electrons. The molecule has 2 aromatic heterocycles. The minimum absolute atomic E-state index is 0.261. The molecule has 31 heavy (non-hydrogen) atoms. The van der Waals surface area contributed by atoms with Crippen LogP contribution in [0.4, 0.5) is 17.1 Å². The second-order valence-corrected chi connectivity index (χ2v) is 7.28. The summed E-state index contributed by atoms with van der Waals surface area (Å²) in [6.45, 7) is 8.81. The highest BCUT2D eigenvalue weighted by molar-refractivity contribution is 6.25. The molecule has 1 aromatic carbocycles. The van der Waals surface area contributed by atoms with E-state index in [-0.39, 0.29) is 11.5 Å². The summed E-state index contributed by atoms with van der Waals surface area (Å²) in [6.07, 6.45) is 6.75. The number of ether oxygens (including phenoxy) is 1. The number of benzene rings is 1. The summed E-state index contributed by atoms with van der Waals surface area (Å²) >= 11 is 0. The summed E-state index contributed by atoms with van der Waals surface area (Å²) in [7, 11) is 0. The highest BCUT2D eigenvalue weighted by Gasteiger charge is 2.16. The van der Waals surface area contributed by atoms with E-state index in [0.717, 1.165) is 29.9 Å². The number of nitrogens with one attached hydrogen (secondary N) is 1.